The van der Waals surface area contributed by atoms with Crippen molar-refractivity contribution in [1.82, 2.24) is 5.32 Å². The number of rotatable bonds is 6. The highest BCUT2D eigenvalue weighted by molar-refractivity contribution is 6.45. The smallest absolute Gasteiger partial charge is 0.273 e. The van der Waals surface area contributed by atoms with Crippen LogP contribution in [-0.2, 0) is 17.8 Å². The first-order chi connectivity index (χ1) is 15.6. The van der Waals surface area contributed by atoms with Gasteiger partial charge >= 0.3 is 0 Å². The Labute approximate surface area is 188 Å². The fourth-order valence-corrected chi connectivity index (χ4v) is 4.52. The van der Waals surface area contributed by atoms with E-state index in [9.17, 15) is 10.0 Å². The Morgan fingerprint density at radius 2 is 1.91 bits per heavy atom. The summed E-state index contributed by atoms with van der Waals surface area (Å²) in [6, 6.07) is 22.4. The molecule has 164 valence electrons. The first-order valence-electron chi connectivity index (χ1n) is 11.0. The van der Waals surface area contributed by atoms with E-state index in [1.165, 1.54) is 30.2 Å². The van der Waals surface area contributed by atoms with Crippen molar-refractivity contribution in [2.24, 2.45) is 5.16 Å². The quantitative estimate of drug-likeness (QED) is 0.331. The molecular formula is C27H28N2O3. The standard InChI is InChI=1S/C27H28N2O3/c1-18-16-20(23-13-7-10-19-8-3-5-11-22(19)23)14-15-25(18)32-17-21-9-4-6-12-24(21)26(29-31)27(30)28-2/h3-6,8-9,11-12,14-16,23,31H,7,10,13,17H2,1-2H3,(H,28,30)/b29-26+. The maximum absolute atomic E-state index is 12.1. The molecule has 3 aromatic rings. The third-order valence-electron chi connectivity index (χ3n) is 6.17. The van der Waals surface area contributed by atoms with E-state index in [2.05, 4.69) is 53.8 Å². The van der Waals surface area contributed by atoms with Crippen molar-refractivity contribution in [3.05, 3.63) is 100 Å². The van der Waals surface area contributed by atoms with E-state index in [4.69, 9.17) is 4.74 Å². The van der Waals surface area contributed by atoms with Crippen LogP contribution in [0.2, 0.25) is 0 Å². The second kappa shape index (κ2) is 9.69. The first-order valence-corrected chi connectivity index (χ1v) is 11.0. The second-order valence-electron chi connectivity index (χ2n) is 8.14. The van der Waals surface area contributed by atoms with Crippen molar-refractivity contribution < 1.29 is 14.7 Å². The molecule has 0 bridgehead atoms. The molecule has 1 amide bonds. The lowest BCUT2D eigenvalue weighted by atomic mass is 9.79. The van der Waals surface area contributed by atoms with Gasteiger partial charge in [-0.3, -0.25) is 4.79 Å². The predicted molar refractivity (Wildman–Crippen MR) is 126 cm³/mol. The maximum Gasteiger partial charge on any atom is 0.273 e. The Bertz CT molecular complexity index is 1150. The van der Waals surface area contributed by atoms with Crippen LogP contribution in [0, 0.1) is 6.92 Å². The number of aryl methyl sites for hydroxylation is 2. The van der Waals surface area contributed by atoms with Gasteiger partial charge in [-0.2, -0.15) is 0 Å². The highest BCUT2D eigenvalue weighted by Gasteiger charge is 2.22. The summed E-state index contributed by atoms with van der Waals surface area (Å²) in [6.45, 7) is 2.32. The van der Waals surface area contributed by atoms with Crippen molar-refractivity contribution >= 4 is 11.6 Å². The molecule has 4 rings (SSSR count). The minimum atomic E-state index is -0.451. The van der Waals surface area contributed by atoms with Crippen LogP contribution in [-0.4, -0.2) is 23.9 Å². The molecule has 3 aromatic carbocycles. The van der Waals surface area contributed by atoms with Crippen LogP contribution in [0.3, 0.4) is 0 Å². The van der Waals surface area contributed by atoms with E-state index in [-0.39, 0.29) is 12.3 Å². The summed E-state index contributed by atoms with van der Waals surface area (Å²) in [4.78, 5) is 12.1. The van der Waals surface area contributed by atoms with E-state index < -0.39 is 5.91 Å². The SMILES string of the molecule is CNC(=O)/C(=N/O)c1ccccc1COc1ccc(C2CCCc3ccccc32)cc1C. The molecule has 32 heavy (non-hydrogen) atoms. The highest BCUT2D eigenvalue weighted by atomic mass is 16.5. The topological polar surface area (TPSA) is 70.9 Å². The molecule has 2 N–H and O–H groups in total. The Balaban J connectivity index is 1.54. The average molecular weight is 429 g/mol. The van der Waals surface area contributed by atoms with E-state index >= 15 is 0 Å². The third kappa shape index (κ3) is 4.37. The average Bonchev–Trinajstić information content (AvgIpc) is 2.84. The fourth-order valence-electron chi connectivity index (χ4n) is 4.52. The molecule has 5 nitrogen and oxygen atoms in total. The number of carbonyl (C=O) groups is 1. The molecular weight excluding hydrogens is 400 g/mol. The van der Waals surface area contributed by atoms with E-state index in [1.54, 1.807) is 12.1 Å². The van der Waals surface area contributed by atoms with Gasteiger partial charge in [0.15, 0.2) is 5.71 Å². The Kier molecular flexibility index (Phi) is 6.55. The Hall–Kier alpha value is -3.60. The lowest BCUT2D eigenvalue weighted by Gasteiger charge is -2.26. The molecule has 0 radical (unpaired) electrons. The van der Waals surface area contributed by atoms with Crippen molar-refractivity contribution in [1.29, 1.82) is 0 Å². The van der Waals surface area contributed by atoms with Crippen molar-refractivity contribution in [2.75, 3.05) is 7.05 Å². The number of ether oxygens (including phenoxy) is 1. The second-order valence-corrected chi connectivity index (χ2v) is 8.14. The number of likely N-dealkylation sites (N-methyl/N-ethyl adjacent to an activating group) is 1. The van der Waals surface area contributed by atoms with Crippen LogP contribution >= 0.6 is 0 Å². The summed E-state index contributed by atoms with van der Waals surface area (Å²) < 4.78 is 6.12. The highest BCUT2D eigenvalue weighted by Crippen LogP contribution is 2.38. The molecule has 0 aromatic heterocycles. The molecule has 0 aliphatic heterocycles. The van der Waals surface area contributed by atoms with E-state index in [0.29, 0.717) is 11.5 Å². The normalized spacial score (nSPS) is 15.7. The third-order valence-corrected chi connectivity index (χ3v) is 6.17. The molecule has 5 heteroatoms. The Morgan fingerprint density at radius 3 is 2.69 bits per heavy atom. The lowest BCUT2D eigenvalue weighted by molar-refractivity contribution is -0.114. The van der Waals surface area contributed by atoms with Gasteiger partial charge in [0.05, 0.1) is 0 Å². The molecule has 0 saturated heterocycles. The number of nitrogens with one attached hydrogen (secondary N) is 1. The van der Waals surface area contributed by atoms with Gasteiger partial charge in [-0.05, 0) is 60.1 Å². The van der Waals surface area contributed by atoms with Gasteiger partial charge in [-0.1, -0.05) is 65.8 Å². The van der Waals surface area contributed by atoms with Crippen LogP contribution in [0.15, 0.2) is 71.9 Å². The van der Waals surface area contributed by atoms with Gasteiger partial charge in [-0.25, -0.2) is 0 Å². The van der Waals surface area contributed by atoms with Crippen molar-refractivity contribution in [3.63, 3.8) is 0 Å². The molecule has 0 saturated carbocycles. The van der Waals surface area contributed by atoms with Crippen LogP contribution < -0.4 is 10.1 Å². The van der Waals surface area contributed by atoms with Crippen LogP contribution in [0.5, 0.6) is 5.75 Å². The number of hydrogen-bond acceptors (Lipinski definition) is 4. The van der Waals surface area contributed by atoms with Gasteiger partial charge in [0, 0.05) is 18.5 Å². The monoisotopic (exact) mass is 428 g/mol. The van der Waals surface area contributed by atoms with Crippen molar-refractivity contribution in [2.45, 2.75) is 38.7 Å². The van der Waals surface area contributed by atoms with Gasteiger partial charge in [0.2, 0.25) is 0 Å². The number of fused-ring (bicyclic) bond motifs is 1. The molecule has 0 spiro atoms. The summed E-state index contributed by atoms with van der Waals surface area (Å²) >= 11 is 0. The fraction of sp³-hybridized carbons (Fsp3) is 0.259. The summed E-state index contributed by atoms with van der Waals surface area (Å²) in [5, 5.41) is 15.0. The zero-order valence-corrected chi connectivity index (χ0v) is 18.5. The van der Waals surface area contributed by atoms with Crippen LogP contribution in [0.1, 0.15) is 52.1 Å². The summed E-state index contributed by atoms with van der Waals surface area (Å²) in [5.74, 6) is 0.771. The zero-order valence-electron chi connectivity index (χ0n) is 18.5. The number of carbonyl (C=O) groups excluding carboxylic acids is 1. The number of oxime groups is 1. The maximum atomic E-state index is 12.1. The molecule has 0 heterocycles. The van der Waals surface area contributed by atoms with E-state index in [1.807, 2.05) is 18.2 Å². The van der Waals surface area contributed by atoms with Gasteiger partial charge in [-0.15, -0.1) is 0 Å². The zero-order chi connectivity index (χ0) is 22.5. The predicted octanol–water partition coefficient (Wildman–Crippen LogP) is 4.97. The largest absolute Gasteiger partial charge is 0.489 e. The van der Waals surface area contributed by atoms with Gasteiger partial charge in [0.1, 0.15) is 12.4 Å². The molecule has 1 atom stereocenters. The number of benzene rings is 3. The lowest BCUT2D eigenvalue weighted by Crippen LogP contribution is -2.29. The molecule has 0 fully saturated rings. The van der Waals surface area contributed by atoms with Gasteiger partial charge in [0.25, 0.3) is 5.91 Å². The summed E-state index contributed by atoms with van der Waals surface area (Å²) in [7, 11) is 1.50. The number of amides is 1. The molecule has 1 aliphatic rings. The number of hydrogen-bond donors (Lipinski definition) is 2. The number of nitrogens with zero attached hydrogens (tertiary/aromatic N) is 1. The van der Waals surface area contributed by atoms with Crippen LogP contribution in [0.25, 0.3) is 0 Å². The minimum Gasteiger partial charge on any atom is -0.489 e. The van der Waals surface area contributed by atoms with Gasteiger partial charge < -0.3 is 15.3 Å². The van der Waals surface area contributed by atoms with Crippen molar-refractivity contribution in [3.8, 4) is 5.75 Å². The van der Waals surface area contributed by atoms with Crippen LogP contribution in [0.4, 0.5) is 0 Å². The Morgan fingerprint density at radius 1 is 1.12 bits per heavy atom. The van der Waals surface area contributed by atoms with E-state index in [0.717, 1.165) is 29.7 Å². The summed E-state index contributed by atoms with van der Waals surface area (Å²) in [5.41, 5.74) is 6.56. The minimum absolute atomic E-state index is 0.0327. The summed E-state index contributed by atoms with van der Waals surface area (Å²) in [6.07, 6.45) is 3.52. The first kappa shape index (κ1) is 21.6. The molecule has 1 aliphatic carbocycles. The molecule has 1 unspecified atom stereocenters.